The Kier molecular flexibility index (Phi) is 4.30. The molecule has 0 atom stereocenters. The highest BCUT2D eigenvalue weighted by atomic mass is 32.1. The fraction of sp³-hybridized carbons (Fsp3) is 0.417. The van der Waals surface area contributed by atoms with Crippen LogP contribution in [0.25, 0.3) is 0 Å². The van der Waals surface area contributed by atoms with Crippen molar-refractivity contribution in [2.45, 2.75) is 26.6 Å². The van der Waals surface area contributed by atoms with Crippen LogP contribution in [0.2, 0.25) is 0 Å². The molecule has 17 heavy (non-hydrogen) atoms. The maximum atomic E-state index is 8.79. The zero-order chi connectivity index (χ0) is 12.1. The van der Waals surface area contributed by atoms with Gasteiger partial charge in [-0.15, -0.1) is 0 Å². The number of aromatic nitrogens is 2. The van der Waals surface area contributed by atoms with Crippen LogP contribution in [-0.2, 0) is 19.6 Å². The lowest BCUT2D eigenvalue weighted by molar-refractivity contribution is 0.269. The molecule has 0 amide bonds. The number of nitrogens with zero attached hydrogens (tertiary/aromatic N) is 2. The first kappa shape index (κ1) is 12.3. The number of thiophene rings is 1. The van der Waals surface area contributed by atoms with Crippen LogP contribution in [0.1, 0.15) is 16.7 Å². The zero-order valence-electron chi connectivity index (χ0n) is 9.89. The Hall–Kier alpha value is -1.17. The lowest BCUT2D eigenvalue weighted by atomic mass is 10.2. The van der Waals surface area contributed by atoms with Gasteiger partial charge in [0.25, 0.3) is 0 Å². The van der Waals surface area contributed by atoms with E-state index in [1.165, 1.54) is 11.1 Å². The molecule has 0 saturated heterocycles. The van der Waals surface area contributed by atoms with E-state index in [2.05, 4.69) is 28.1 Å². The maximum Gasteiger partial charge on any atom is 0.0640 e. The van der Waals surface area contributed by atoms with E-state index in [-0.39, 0.29) is 6.61 Å². The molecule has 0 saturated carbocycles. The number of aliphatic hydroxyl groups is 1. The molecule has 0 unspecified atom stereocenters. The Labute approximate surface area is 105 Å². The molecule has 92 valence electrons. The highest BCUT2D eigenvalue weighted by molar-refractivity contribution is 7.08. The van der Waals surface area contributed by atoms with Gasteiger partial charge in [0.15, 0.2) is 0 Å². The number of aryl methyl sites for hydroxylation is 1. The van der Waals surface area contributed by atoms with Crippen molar-refractivity contribution in [1.82, 2.24) is 15.1 Å². The van der Waals surface area contributed by atoms with Crippen LogP contribution in [0.4, 0.5) is 0 Å². The largest absolute Gasteiger partial charge is 0.394 e. The summed E-state index contributed by atoms with van der Waals surface area (Å²) in [5, 5.41) is 20.7. The number of rotatable bonds is 6. The van der Waals surface area contributed by atoms with Gasteiger partial charge < -0.3 is 10.4 Å². The third-order valence-corrected chi connectivity index (χ3v) is 3.53. The standard InChI is InChI=1S/C12H17N3OS/c1-10-8-17-9-12(10)6-13-4-11-5-14-15(7-11)2-3-16/h5,7-9,13,16H,2-4,6H2,1H3. The molecule has 0 aliphatic heterocycles. The summed E-state index contributed by atoms with van der Waals surface area (Å²) in [4.78, 5) is 0. The van der Waals surface area contributed by atoms with E-state index in [4.69, 9.17) is 5.11 Å². The Morgan fingerprint density at radius 2 is 2.29 bits per heavy atom. The van der Waals surface area contributed by atoms with E-state index in [1.54, 1.807) is 16.0 Å². The van der Waals surface area contributed by atoms with Crippen molar-refractivity contribution in [2.24, 2.45) is 0 Å². The number of aliphatic hydroxyl groups excluding tert-OH is 1. The van der Waals surface area contributed by atoms with Gasteiger partial charge in [0.1, 0.15) is 0 Å². The molecule has 2 N–H and O–H groups in total. The van der Waals surface area contributed by atoms with Crippen molar-refractivity contribution in [3.05, 3.63) is 39.8 Å². The van der Waals surface area contributed by atoms with Crippen LogP contribution < -0.4 is 5.32 Å². The summed E-state index contributed by atoms with van der Waals surface area (Å²) in [5.41, 5.74) is 3.85. The summed E-state index contributed by atoms with van der Waals surface area (Å²) in [6.07, 6.45) is 3.80. The topological polar surface area (TPSA) is 50.1 Å². The van der Waals surface area contributed by atoms with Gasteiger partial charge >= 0.3 is 0 Å². The SMILES string of the molecule is Cc1cscc1CNCc1cnn(CCO)c1. The van der Waals surface area contributed by atoms with E-state index in [9.17, 15) is 0 Å². The third kappa shape index (κ3) is 3.39. The fourth-order valence-electron chi connectivity index (χ4n) is 1.63. The molecule has 0 bridgehead atoms. The van der Waals surface area contributed by atoms with Gasteiger partial charge in [-0.3, -0.25) is 4.68 Å². The summed E-state index contributed by atoms with van der Waals surface area (Å²) in [7, 11) is 0. The van der Waals surface area contributed by atoms with Crippen LogP contribution >= 0.6 is 11.3 Å². The highest BCUT2D eigenvalue weighted by Crippen LogP contribution is 2.13. The van der Waals surface area contributed by atoms with Crippen molar-refractivity contribution in [1.29, 1.82) is 0 Å². The second kappa shape index (κ2) is 5.95. The second-order valence-corrected chi connectivity index (χ2v) is 4.76. The highest BCUT2D eigenvalue weighted by Gasteiger charge is 2.00. The molecular formula is C12H17N3OS. The Morgan fingerprint density at radius 1 is 1.41 bits per heavy atom. The normalized spacial score (nSPS) is 10.9. The van der Waals surface area contributed by atoms with Crippen LogP contribution in [0.3, 0.4) is 0 Å². The minimum atomic E-state index is 0.128. The van der Waals surface area contributed by atoms with Crippen molar-refractivity contribution in [2.75, 3.05) is 6.61 Å². The van der Waals surface area contributed by atoms with Gasteiger partial charge in [-0.1, -0.05) is 0 Å². The number of hydrogen-bond acceptors (Lipinski definition) is 4. The van der Waals surface area contributed by atoms with Crippen molar-refractivity contribution >= 4 is 11.3 Å². The minimum Gasteiger partial charge on any atom is -0.394 e. The smallest absolute Gasteiger partial charge is 0.0640 e. The Morgan fingerprint density at radius 3 is 3.00 bits per heavy atom. The molecule has 2 aromatic rings. The van der Waals surface area contributed by atoms with Crippen LogP contribution in [0.5, 0.6) is 0 Å². The lowest BCUT2D eigenvalue weighted by Gasteiger charge is -2.02. The van der Waals surface area contributed by atoms with Crippen LogP contribution in [0.15, 0.2) is 23.2 Å². The van der Waals surface area contributed by atoms with Gasteiger partial charge in [-0.25, -0.2) is 0 Å². The molecule has 2 aromatic heterocycles. The molecule has 2 heterocycles. The molecule has 0 aliphatic carbocycles. The summed E-state index contributed by atoms with van der Waals surface area (Å²) >= 11 is 1.74. The summed E-state index contributed by atoms with van der Waals surface area (Å²) < 4.78 is 1.76. The molecule has 0 aliphatic rings. The zero-order valence-corrected chi connectivity index (χ0v) is 10.7. The van der Waals surface area contributed by atoms with Crippen LogP contribution in [-0.4, -0.2) is 21.5 Å². The molecular weight excluding hydrogens is 234 g/mol. The van der Waals surface area contributed by atoms with E-state index in [1.807, 2.05) is 12.4 Å². The van der Waals surface area contributed by atoms with Gasteiger partial charge in [0, 0.05) is 24.8 Å². The quantitative estimate of drug-likeness (QED) is 0.818. The number of hydrogen-bond donors (Lipinski definition) is 2. The van der Waals surface area contributed by atoms with Crippen LogP contribution in [0, 0.1) is 6.92 Å². The summed E-state index contributed by atoms with van der Waals surface area (Å²) in [6.45, 7) is 4.51. The van der Waals surface area contributed by atoms with Gasteiger partial charge in [-0.05, 0) is 28.8 Å². The predicted octanol–water partition coefficient (Wildman–Crippen LogP) is 1.54. The monoisotopic (exact) mass is 251 g/mol. The first-order valence-corrected chi connectivity index (χ1v) is 6.58. The minimum absolute atomic E-state index is 0.128. The van der Waals surface area contributed by atoms with Crippen molar-refractivity contribution in [3.8, 4) is 0 Å². The van der Waals surface area contributed by atoms with E-state index in [0.29, 0.717) is 6.54 Å². The first-order chi connectivity index (χ1) is 8.29. The molecule has 5 heteroatoms. The number of nitrogens with one attached hydrogen (secondary N) is 1. The molecule has 0 aromatic carbocycles. The fourth-order valence-corrected chi connectivity index (χ4v) is 2.49. The predicted molar refractivity (Wildman–Crippen MR) is 68.9 cm³/mol. The second-order valence-electron chi connectivity index (χ2n) is 4.02. The average Bonchev–Trinajstić information content (AvgIpc) is 2.90. The Balaban J connectivity index is 1.80. The molecule has 2 rings (SSSR count). The van der Waals surface area contributed by atoms with Crippen molar-refractivity contribution < 1.29 is 5.11 Å². The van der Waals surface area contributed by atoms with Crippen molar-refractivity contribution in [3.63, 3.8) is 0 Å². The third-order valence-electron chi connectivity index (χ3n) is 2.62. The average molecular weight is 251 g/mol. The van der Waals surface area contributed by atoms with E-state index < -0.39 is 0 Å². The van der Waals surface area contributed by atoms with Gasteiger partial charge in [-0.2, -0.15) is 16.4 Å². The lowest BCUT2D eigenvalue weighted by Crippen LogP contribution is -2.12. The molecule has 0 fully saturated rings. The van der Waals surface area contributed by atoms with E-state index >= 15 is 0 Å². The maximum absolute atomic E-state index is 8.79. The first-order valence-electron chi connectivity index (χ1n) is 5.64. The molecule has 0 radical (unpaired) electrons. The summed E-state index contributed by atoms with van der Waals surface area (Å²) in [6, 6.07) is 0. The molecule has 0 spiro atoms. The van der Waals surface area contributed by atoms with E-state index in [0.717, 1.165) is 18.7 Å². The summed E-state index contributed by atoms with van der Waals surface area (Å²) in [5.74, 6) is 0. The molecule has 4 nitrogen and oxygen atoms in total. The Bertz CT molecular complexity index is 464. The van der Waals surface area contributed by atoms with Gasteiger partial charge in [0.2, 0.25) is 0 Å². The van der Waals surface area contributed by atoms with Gasteiger partial charge in [0.05, 0.1) is 19.3 Å².